The van der Waals surface area contributed by atoms with E-state index in [1.807, 2.05) is 0 Å². The van der Waals surface area contributed by atoms with Crippen LogP contribution in [0.1, 0.15) is 12.8 Å². The van der Waals surface area contributed by atoms with Crippen LogP contribution in [0, 0.1) is 5.92 Å². The Morgan fingerprint density at radius 2 is 2.38 bits per heavy atom. The Morgan fingerprint density at radius 1 is 1.54 bits per heavy atom. The quantitative estimate of drug-likeness (QED) is 0.622. The minimum atomic E-state index is 0.0973. The molecule has 2 unspecified atom stereocenters. The molecule has 2 aliphatic rings. The van der Waals surface area contributed by atoms with Crippen LogP contribution in [0.3, 0.4) is 0 Å². The van der Waals surface area contributed by atoms with Gasteiger partial charge in [0.2, 0.25) is 5.91 Å². The zero-order chi connectivity index (χ0) is 9.10. The van der Waals surface area contributed by atoms with E-state index in [0.29, 0.717) is 12.6 Å². The molecule has 2 saturated heterocycles. The number of amides is 1. The second-order valence-corrected chi connectivity index (χ2v) is 3.75. The lowest BCUT2D eigenvalue weighted by Crippen LogP contribution is -2.50. The molecule has 0 aromatic rings. The Bertz CT molecular complexity index is 186. The second kappa shape index (κ2) is 4.07. The van der Waals surface area contributed by atoms with Crippen LogP contribution in [0.2, 0.25) is 0 Å². The zero-order valence-electron chi connectivity index (χ0n) is 7.71. The van der Waals surface area contributed by atoms with Gasteiger partial charge in [-0.3, -0.25) is 4.79 Å². The molecule has 2 N–H and O–H groups in total. The third kappa shape index (κ3) is 2.19. The monoisotopic (exact) mass is 184 g/mol. The average Bonchev–Trinajstić information content (AvgIpc) is 2.52. The first-order valence-corrected chi connectivity index (χ1v) is 4.95. The molecule has 0 aliphatic carbocycles. The summed E-state index contributed by atoms with van der Waals surface area (Å²) >= 11 is 0. The highest BCUT2D eigenvalue weighted by molar-refractivity contribution is 5.79. The molecule has 0 saturated carbocycles. The van der Waals surface area contributed by atoms with Crippen LogP contribution in [0.4, 0.5) is 0 Å². The normalized spacial score (nSPS) is 32.6. The summed E-state index contributed by atoms with van der Waals surface area (Å²) in [6.07, 6.45) is 2.06. The molecule has 1 amide bonds. The van der Waals surface area contributed by atoms with Gasteiger partial charge in [-0.1, -0.05) is 0 Å². The Kier molecular flexibility index (Phi) is 2.80. The standard InChI is InChI=1S/C9H16N2O2/c12-9(7-2-4-13-6-7)11-5-8-1-3-10-8/h7-8,10H,1-6H2,(H,11,12). The highest BCUT2D eigenvalue weighted by atomic mass is 16.5. The Hall–Kier alpha value is -0.610. The van der Waals surface area contributed by atoms with Crippen molar-refractivity contribution in [2.24, 2.45) is 5.92 Å². The van der Waals surface area contributed by atoms with E-state index in [1.54, 1.807) is 0 Å². The molecule has 0 radical (unpaired) electrons. The third-order valence-corrected chi connectivity index (χ3v) is 2.75. The van der Waals surface area contributed by atoms with Gasteiger partial charge in [-0.2, -0.15) is 0 Å². The largest absolute Gasteiger partial charge is 0.381 e. The fraction of sp³-hybridized carbons (Fsp3) is 0.889. The van der Waals surface area contributed by atoms with Gasteiger partial charge in [-0.05, 0) is 19.4 Å². The van der Waals surface area contributed by atoms with Crippen molar-refractivity contribution in [1.82, 2.24) is 10.6 Å². The number of carbonyl (C=O) groups is 1. The summed E-state index contributed by atoms with van der Waals surface area (Å²) in [5, 5.41) is 6.19. The van der Waals surface area contributed by atoms with Crippen molar-refractivity contribution in [3.05, 3.63) is 0 Å². The first kappa shape index (κ1) is 8.97. The molecule has 2 aliphatic heterocycles. The minimum Gasteiger partial charge on any atom is -0.381 e. The molecule has 74 valence electrons. The van der Waals surface area contributed by atoms with Gasteiger partial charge >= 0.3 is 0 Å². The lowest BCUT2D eigenvalue weighted by molar-refractivity contribution is -0.125. The molecule has 4 nitrogen and oxygen atoms in total. The molecule has 0 bridgehead atoms. The van der Waals surface area contributed by atoms with Gasteiger partial charge in [0.15, 0.2) is 0 Å². The molecule has 0 spiro atoms. The molecule has 0 aromatic heterocycles. The topological polar surface area (TPSA) is 50.4 Å². The predicted octanol–water partition coefficient (Wildman–Crippen LogP) is -0.499. The molecule has 4 heteroatoms. The summed E-state index contributed by atoms with van der Waals surface area (Å²) in [6.45, 7) is 3.20. The van der Waals surface area contributed by atoms with E-state index in [-0.39, 0.29) is 11.8 Å². The maximum Gasteiger partial charge on any atom is 0.225 e. The predicted molar refractivity (Wildman–Crippen MR) is 48.3 cm³/mol. The van der Waals surface area contributed by atoms with Gasteiger partial charge in [0, 0.05) is 19.2 Å². The van der Waals surface area contributed by atoms with Crippen molar-refractivity contribution in [2.75, 3.05) is 26.3 Å². The Labute approximate surface area is 78.0 Å². The van der Waals surface area contributed by atoms with Crippen LogP contribution in [0.15, 0.2) is 0 Å². The maximum absolute atomic E-state index is 11.5. The van der Waals surface area contributed by atoms with Crippen molar-refractivity contribution >= 4 is 5.91 Å². The van der Waals surface area contributed by atoms with Crippen molar-refractivity contribution in [3.8, 4) is 0 Å². The molecule has 2 atom stereocenters. The van der Waals surface area contributed by atoms with E-state index in [1.165, 1.54) is 6.42 Å². The average molecular weight is 184 g/mol. The molecule has 0 aromatic carbocycles. The van der Waals surface area contributed by atoms with E-state index in [0.717, 1.165) is 26.1 Å². The van der Waals surface area contributed by atoms with Crippen LogP contribution in [-0.4, -0.2) is 38.3 Å². The van der Waals surface area contributed by atoms with Gasteiger partial charge in [0.25, 0.3) is 0 Å². The van der Waals surface area contributed by atoms with Crippen LogP contribution in [0.5, 0.6) is 0 Å². The highest BCUT2D eigenvalue weighted by Crippen LogP contribution is 2.12. The van der Waals surface area contributed by atoms with E-state index < -0.39 is 0 Å². The van der Waals surface area contributed by atoms with Gasteiger partial charge in [0.05, 0.1) is 12.5 Å². The number of hydrogen-bond acceptors (Lipinski definition) is 3. The lowest BCUT2D eigenvalue weighted by atomic mass is 10.1. The molecule has 2 heterocycles. The van der Waals surface area contributed by atoms with E-state index in [4.69, 9.17) is 4.74 Å². The van der Waals surface area contributed by atoms with Gasteiger partial charge in [-0.25, -0.2) is 0 Å². The molecule has 2 rings (SSSR count). The summed E-state index contributed by atoms with van der Waals surface area (Å²) in [7, 11) is 0. The number of rotatable bonds is 3. The Balaban J connectivity index is 1.65. The fourth-order valence-electron chi connectivity index (χ4n) is 1.63. The van der Waals surface area contributed by atoms with E-state index >= 15 is 0 Å². The van der Waals surface area contributed by atoms with Crippen LogP contribution >= 0.6 is 0 Å². The summed E-state index contributed by atoms with van der Waals surface area (Å²) in [5.74, 6) is 0.256. The second-order valence-electron chi connectivity index (χ2n) is 3.75. The van der Waals surface area contributed by atoms with Crippen molar-refractivity contribution in [1.29, 1.82) is 0 Å². The molecular formula is C9H16N2O2. The van der Waals surface area contributed by atoms with Crippen molar-refractivity contribution < 1.29 is 9.53 Å². The maximum atomic E-state index is 11.5. The summed E-state index contributed by atoms with van der Waals surface area (Å²) < 4.78 is 5.15. The van der Waals surface area contributed by atoms with Crippen molar-refractivity contribution in [3.63, 3.8) is 0 Å². The van der Waals surface area contributed by atoms with Gasteiger partial charge in [-0.15, -0.1) is 0 Å². The SMILES string of the molecule is O=C(NCC1CCN1)C1CCOC1. The molecular weight excluding hydrogens is 168 g/mol. The molecule has 13 heavy (non-hydrogen) atoms. The van der Waals surface area contributed by atoms with Crippen molar-refractivity contribution in [2.45, 2.75) is 18.9 Å². The van der Waals surface area contributed by atoms with Gasteiger partial charge in [0.1, 0.15) is 0 Å². The minimum absolute atomic E-state index is 0.0973. The number of hydrogen-bond donors (Lipinski definition) is 2. The first-order chi connectivity index (χ1) is 6.36. The summed E-state index contributed by atoms with van der Waals surface area (Å²) in [4.78, 5) is 11.5. The van der Waals surface area contributed by atoms with E-state index in [2.05, 4.69) is 10.6 Å². The first-order valence-electron chi connectivity index (χ1n) is 4.95. The van der Waals surface area contributed by atoms with Crippen LogP contribution < -0.4 is 10.6 Å². The van der Waals surface area contributed by atoms with Crippen LogP contribution in [0.25, 0.3) is 0 Å². The zero-order valence-corrected chi connectivity index (χ0v) is 7.71. The van der Waals surface area contributed by atoms with Gasteiger partial charge < -0.3 is 15.4 Å². The molecule has 2 fully saturated rings. The van der Waals surface area contributed by atoms with E-state index in [9.17, 15) is 4.79 Å². The highest BCUT2D eigenvalue weighted by Gasteiger charge is 2.24. The fourth-order valence-corrected chi connectivity index (χ4v) is 1.63. The Morgan fingerprint density at radius 3 is 2.92 bits per heavy atom. The lowest BCUT2D eigenvalue weighted by Gasteiger charge is -2.28. The summed E-state index contributed by atoms with van der Waals surface area (Å²) in [6, 6.07) is 0.506. The number of carbonyl (C=O) groups excluding carboxylic acids is 1. The summed E-state index contributed by atoms with van der Waals surface area (Å²) in [5.41, 5.74) is 0. The number of nitrogens with one attached hydrogen (secondary N) is 2. The number of ether oxygens (including phenoxy) is 1. The third-order valence-electron chi connectivity index (χ3n) is 2.75. The van der Waals surface area contributed by atoms with Crippen LogP contribution in [-0.2, 0) is 9.53 Å². The smallest absolute Gasteiger partial charge is 0.225 e.